The summed E-state index contributed by atoms with van der Waals surface area (Å²) in [6.45, 7) is 1.12. The molecule has 6 heteroatoms. The number of nitrogens with zero attached hydrogens (tertiary/aromatic N) is 1. The highest BCUT2D eigenvalue weighted by molar-refractivity contribution is 6.21. The van der Waals surface area contributed by atoms with E-state index >= 15 is 0 Å². The van der Waals surface area contributed by atoms with Crippen molar-refractivity contribution in [3.8, 4) is 11.5 Å². The predicted molar refractivity (Wildman–Crippen MR) is 120 cm³/mol. The van der Waals surface area contributed by atoms with E-state index in [2.05, 4.69) is 23.5 Å². The van der Waals surface area contributed by atoms with Crippen LogP contribution in [-0.2, 0) is 13.0 Å². The van der Waals surface area contributed by atoms with Crippen LogP contribution in [0.4, 0.5) is 0 Å². The minimum absolute atomic E-state index is 0.0342. The summed E-state index contributed by atoms with van der Waals surface area (Å²) < 4.78 is 11.0. The van der Waals surface area contributed by atoms with Crippen LogP contribution < -0.4 is 14.8 Å². The molecular weight excluding hydrogens is 404 g/mol. The summed E-state index contributed by atoms with van der Waals surface area (Å²) >= 11 is 0. The number of nitrogens with one attached hydrogen (secondary N) is 1. The summed E-state index contributed by atoms with van der Waals surface area (Å²) in [4.78, 5) is 26.6. The number of carbonyl (C=O) groups is 2. The van der Waals surface area contributed by atoms with Gasteiger partial charge in [0.25, 0.3) is 11.8 Å². The molecule has 0 fully saturated rings. The molecule has 2 heterocycles. The number of ether oxygens (including phenoxy) is 2. The summed E-state index contributed by atoms with van der Waals surface area (Å²) in [5.74, 6) is 0.975. The number of rotatable bonds is 5. The minimum atomic E-state index is -0.237. The minimum Gasteiger partial charge on any atom is -0.493 e. The van der Waals surface area contributed by atoms with Gasteiger partial charge in [0.05, 0.1) is 37.9 Å². The lowest BCUT2D eigenvalue weighted by Gasteiger charge is -2.28. The summed E-state index contributed by atoms with van der Waals surface area (Å²) in [5, 5.41) is 3.58. The lowest BCUT2D eigenvalue weighted by molar-refractivity contribution is 0.0642. The van der Waals surface area contributed by atoms with Gasteiger partial charge >= 0.3 is 0 Å². The fourth-order valence-electron chi connectivity index (χ4n) is 4.56. The van der Waals surface area contributed by atoms with Gasteiger partial charge in [-0.1, -0.05) is 36.4 Å². The maximum Gasteiger partial charge on any atom is 0.261 e. The molecule has 6 nitrogen and oxygen atoms in total. The van der Waals surface area contributed by atoms with Crippen LogP contribution >= 0.6 is 0 Å². The smallest absolute Gasteiger partial charge is 0.261 e. The summed E-state index contributed by atoms with van der Waals surface area (Å²) in [7, 11) is 3.29. The Balaban J connectivity index is 1.39. The van der Waals surface area contributed by atoms with Gasteiger partial charge in [0, 0.05) is 6.54 Å². The third kappa shape index (κ3) is 3.33. The van der Waals surface area contributed by atoms with Gasteiger partial charge in [-0.3, -0.25) is 14.5 Å². The SMILES string of the molecule is COc1cc2c(cc1OC)C(c1ccc(CN3C(=O)c4ccccc4C3=O)cc1)NCC2. The Kier molecular flexibility index (Phi) is 5.15. The van der Waals surface area contributed by atoms with Crippen molar-refractivity contribution < 1.29 is 19.1 Å². The number of imide groups is 1. The fraction of sp³-hybridized carbons (Fsp3) is 0.231. The highest BCUT2D eigenvalue weighted by Crippen LogP contribution is 2.37. The largest absolute Gasteiger partial charge is 0.493 e. The molecule has 0 saturated heterocycles. The Hall–Kier alpha value is -3.64. The second-order valence-electron chi connectivity index (χ2n) is 8.03. The van der Waals surface area contributed by atoms with Crippen molar-refractivity contribution in [2.75, 3.05) is 20.8 Å². The molecule has 1 atom stereocenters. The van der Waals surface area contributed by atoms with E-state index in [1.165, 1.54) is 16.0 Å². The molecule has 0 spiro atoms. The average Bonchev–Trinajstić information content (AvgIpc) is 3.08. The van der Waals surface area contributed by atoms with E-state index in [0.717, 1.165) is 29.8 Å². The maximum atomic E-state index is 12.6. The zero-order valence-corrected chi connectivity index (χ0v) is 18.1. The van der Waals surface area contributed by atoms with Crippen molar-refractivity contribution in [2.45, 2.75) is 19.0 Å². The van der Waals surface area contributed by atoms with Gasteiger partial charge < -0.3 is 14.8 Å². The molecule has 3 aromatic carbocycles. The number of amides is 2. The van der Waals surface area contributed by atoms with Gasteiger partial charge in [0.2, 0.25) is 0 Å². The predicted octanol–water partition coefficient (Wildman–Crippen LogP) is 3.74. The van der Waals surface area contributed by atoms with Crippen LogP contribution in [0.15, 0.2) is 60.7 Å². The number of hydrogen-bond donors (Lipinski definition) is 1. The van der Waals surface area contributed by atoms with Crippen LogP contribution in [0.5, 0.6) is 11.5 Å². The van der Waals surface area contributed by atoms with E-state index in [1.54, 1.807) is 38.5 Å². The Morgan fingerprint density at radius 1 is 0.906 bits per heavy atom. The number of benzene rings is 3. The van der Waals surface area contributed by atoms with Crippen LogP contribution in [0.3, 0.4) is 0 Å². The quantitative estimate of drug-likeness (QED) is 0.627. The molecule has 2 aliphatic heterocycles. The first-order chi connectivity index (χ1) is 15.6. The summed E-state index contributed by atoms with van der Waals surface area (Å²) in [5.41, 5.74) is 5.38. The van der Waals surface area contributed by atoms with Crippen LogP contribution in [0.25, 0.3) is 0 Å². The van der Waals surface area contributed by atoms with E-state index in [1.807, 2.05) is 18.2 Å². The summed E-state index contributed by atoms with van der Waals surface area (Å²) in [6.07, 6.45) is 0.921. The van der Waals surface area contributed by atoms with Gasteiger partial charge in [0.1, 0.15) is 0 Å². The molecule has 0 aromatic heterocycles. The first-order valence-corrected chi connectivity index (χ1v) is 10.6. The van der Waals surface area contributed by atoms with Crippen LogP contribution in [0.2, 0.25) is 0 Å². The molecule has 1 N–H and O–H groups in total. The van der Waals surface area contributed by atoms with E-state index < -0.39 is 0 Å². The van der Waals surface area contributed by atoms with E-state index in [-0.39, 0.29) is 24.4 Å². The fourth-order valence-corrected chi connectivity index (χ4v) is 4.56. The third-order valence-corrected chi connectivity index (χ3v) is 6.23. The molecular formula is C26H24N2O4. The number of carbonyl (C=O) groups excluding carboxylic acids is 2. The monoisotopic (exact) mass is 428 g/mol. The Morgan fingerprint density at radius 3 is 2.16 bits per heavy atom. The third-order valence-electron chi connectivity index (χ3n) is 6.23. The topological polar surface area (TPSA) is 67.9 Å². The molecule has 5 rings (SSSR count). The van der Waals surface area contributed by atoms with E-state index in [4.69, 9.17) is 9.47 Å². The van der Waals surface area contributed by atoms with Crippen molar-refractivity contribution in [3.05, 3.63) is 94.0 Å². The summed E-state index contributed by atoms with van der Waals surface area (Å²) in [6, 6.07) is 19.2. The van der Waals surface area contributed by atoms with Gasteiger partial charge in [-0.05, 0) is 52.9 Å². The lowest BCUT2D eigenvalue weighted by Crippen LogP contribution is -2.31. The zero-order chi connectivity index (χ0) is 22.2. The molecule has 0 aliphatic carbocycles. The number of fused-ring (bicyclic) bond motifs is 2. The lowest BCUT2D eigenvalue weighted by atomic mass is 9.89. The Bertz CT molecular complexity index is 1170. The molecule has 0 saturated carbocycles. The average molecular weight is 428 g/mol. The molecule has 162 valence electrons. The molecule has 1 unspecified atom stereocenters. The number of hydrogen-bond acceptors (Lipinski definition) is 5. The van der Waals surface area contributed by atoms with Crippen LogP contribution in [0, 0.1) is 0 Å². The molecule has 2 amide bonds. The van der Waals surface area contributed by atoms with E-state index in [9.17, 15) is 9.59 Å². The standard InChI is InChI=1S/C26H24N2O4/c1-31-22-13-18-11-12-27-24(21(18)14-23(22)32-2)17-9-7-16(8-10-17)15-28-25(29)19-5-3-4-6-20(19)26(28)30/h3-10,13-14,24,27H,11-12,15H2,1-2H3. The van der Waals surface area contributed by atoms with Crippen molar-refractivity contribution in [3.63, 3.8) is 0 Å². The first kappa shape index (κ1) is 20.3. The second kappa shape index (κ2) is 8.13. The highest BCUT2D eigenvalue weighted by Gasteiger charge is 2.35. The Labute approximate surface area is 186 Å². The second-order valence-corrected chi connectivity index (χ2v) is 8.03. The van der Waals surface area contributed by atoms with Crippen molar-refractivity contribution in [1.29, 1.82) is 0 Å². The van der Waals surface area contributed by atoms with Crippen molar-refractivity contribution >= 4 is 11.8 Å². The van der Waals surface area contributed by atoms with Crippen LogP contribution in [0.1, 0.15) is 49.0 Å². The normalized spacial score (nSPS) is 17.2. The number of methoxy groups -OCH3 is 2. The molecule has 3 aromatic rings. The van der Waals surface area contributed by atoms with Crippen molar-refractivity contribution in [2.24, 2.45) is 0 Å². The van der Waals surface area contributed by atoms with Gasteiger partial charge in [-0.15, -0.1) is 0 Å². The molecule has 0 bridgehead atoms. The molecule has 0 radical (unpaired) electrons. The molecule has 2 aliphatic rings. The van der Waals surface area contributed by atoms with Gasteiger partial charge in [-0.2, -0.15) is 0 Å². The van der Waals surface area contributed by atoms with Crippen LogP contribution in [-0.4, -0.2) is 37.5 Å². The zero-order valence-electron chi connectivity index (χ0n) is 18.1. The van der Waals surface area contributed by atoms with Gasteiger partial charge in [-0.25, -0.2) is 0 Å². The Morgan fingerprint density at radius 2 is 1.53 bits per heavy atom. The van der Waals surface area contributed by atoms with Gasteiger partial charge in [0.15, 0.2) is 11.5 Å². The van der Waals surface area contributed by atoms with E-state index in [0.29, 0.717) is 16.9 Å². The maximum absolute atomic E-state index is 12.6. The highest BCUT2D eigenvalue weighted by atomic mass is 16.5. The van der Waals surface area contributed by atoms with Crippen molar-refractivity contribution in [1.82, 2.24) is 10.2 Å². The molecule has 32 heavy (non-hydrogen) atoms. The first-order valence-electron chi connectivity index (χ1n) is 10.6.